The lowest BCUT2D eigenvalue weighted by Gasteiger charge is -2.10. The number of amides is 1. The Bertz CT molecular complexity index is 825. The number of hydrogen-bond acceptors (Lipinski definition) is 4. The zero-order chi connectivity index (χ0) is 20.7. The third kappa shape index (κ3) is 5.19. The SMILES string of the molecule is CCOC(=O)c1c(C)c(CCC(=O)NCc2ccc(SC)cc2)n(CC)c1C. The normalized spacial score (nSPS) is 10.8. The minimum Gasteiger partial charge on any atom is -0.462 e. The zero-order valence-corrected chi connectivity index (χ0v) is 18.2. The van der Waals surface area contributed by atoms with Gasteiger partial charge in [-0.2, -0.15) is 0 Å². The largest absolute Gasteiger partial charge is 0.462 e. The maximum atomic E-state index is 12.3. The van der Waals surface area contributed by atoms with Gasteiger partial charge < -0.3 is 14.6 Å². The van der Waals surface area contributed by atoms with Crippen molar-refractivity contribution < 1.29 is 14.3 Å². The van der Waals surface area contributed by atoms with E-state index in [4.69, 9.17) is 4.74 Å². The fraction of sp³-hybridized carbons (Fsp3) is 0.455. The molecule has 1 aromatic carbocycles. The number of carbonyl (C=O) groups excluding carboxylic acids is 2. The van der Waals surface area contributed by atoms with Crippen molar-refractivity contribution in [3.8, 4) is 0 Å². The van der Waals surface area contributed by atoms with Gasteiger partial charge in [0.25, 0.3) is 0 Å². The lowest BCUT2D eigenvalue weighted by atomic mass is 10.1. The number of hydrogen-bond donors (Lipinski definition) is 1. The summed E-state index contributed by atoms with van der Waals surface area (Å²) >= 11 is 1.70. The topological polar surface area (TPSA) is 60.3 Å². The van der Waals surface area contributed by atoms with Crippen LogP contribution in [0.15, 0.2) is 29.2 Å². The second-order valence-electron chi connectivity index (χ2n) is 6.62. The Morgan fingerprint density at radius 1 is 1.14 bits per heavy atom. The molecule has 1 amide bonds. The summed E-state index contributed by atoms with van der Waals surface area (Å²) in [6.45, 7) is 9.35. The molecule has 0 fully saturated rings. The van der Waals surface area contributed by atoms with Crippen molar-refractivity contribution in [1.82, 2.24) is 9.88 Å². The van der Waals surface area contributed by atoms with E-state index < -0.39 is 0 Å². The molecule has 2 aromatic rings. The molecule has 1 aromatic heterocycles. The highest BCUT2D eigenvalue weighted by Crippen LogP contribution is 2.24. The number of thioether (sulfide) groups is 1. The molecular formula is C22H30N2O3S. The number of esters is 1. The van der Waals surface area contributed by atoms with E-state index in [1.165, 1.54) is 4.90 Å². The van der Waals surface area contributed by atoms with Crippen molar-refractivity contribution in [3.63, 3.8) is 0 Å². The monoisotopic (exact) mass is 402 g/mol. The van der Waals surface area contributed by atoms with Gasteiger partial charge in [0.1, 0.15) is 0 Å². The molecule has 1 N–H and O–H groups in total. The van der Waals surface area contributed by atoms with Crippen molar-refractivity contribution in [1.29, 1.82) is 0 Å². The highest BCUT2D eigenvalue weighted by atomic mass is 32.2. The molecule has 0 aliphatic heterocycles. The second kappa shape index (κ2) is 10.4. The fourth-order valence-corrected chi connectivity index (χ4v) is 3.88. The number of rotatable bonds is 9. The minimum absolute atomic E-state index is 0.00698. The summed E-state index contributed by atoms with van der Waals surface area (Å²) in [6.07, 6.45) is 3.02. The van der Waals surface area contributed by atoms with E-state index in [1.54, 1.807) is 18.7 Å². The van der Waals surface area contributed by atoms with Gasteiger partial charge in [-0.15, -0.1) is 11.8 Å². The summed E-state index contributed by atoms with van der Waals surface area (Å²) in [5, 5.41) is 2.98. The summed E-state index contributed by atoms with van der Waals surface area (Å²) in [6, 6.07) is 8.19. The van der Waals surface area contributed by atoms with Crippen LogP contribution in [0.5, 0.6) is 0 Å². The first-order valence-corrected chi connectivity index (χ1v) is 10.9. The summed E-state index contributed by atoms with van der Waals surface area (Å²) in [5.41, 5.74) is 4.57. The molecule has 28 heavy (non-hydrogen) atoms. The van der Waals surface area contributed by atoms with Crippen molar-refractivity contribution in [3.05, 3.63) is 52.3 Å². The van der Waals surface area contributed by atoms with E-state index in [2.05, 4.69) is 22.0 Å². The van der Waals surface area contributed by atoms with Crippen molar-refractivity contribution in [2.24, 2.45) is 0 Å². The molecule has 5 nitrogen and oxygen atoms in total. The number of nitrogens with one attached hydrogen (secondary N) is 1. The Labute approximate surface area is 171 Å². The van der Waals surface area contributed by atoms with Crippen LogP contribution >= 0.6 is 11.8 Å². The van der Waals surface area contributed by atoms with Crippen LogP contribution < -0.4 is 5.32 Å². The summed E-state index contributed by atoms with van der Waals surface area (Å²) in [5.74, 6) is -0.281. The second-order valence-corrected chi connectivity index (χ2v) is 7.50. The van der Waals surface area contributed by atoms with E-state index in [-0.39, 0.29) is 11.9 Å². The molecular weight excluding hydrogens is 372 g/mol. The molecule has 0 unspecified atom stereocenters. The van der Waals surface area contributed by atoms with Gasteiger partial charge in [-0.1, -0.05) is 12.1 Å². The lowest BCUT2D eigenvalue weighted by Crippen LogP contribution is -2.23. The average Bonchev–Trinajstić information content (AvgIpc) is 2.94. The molecule has 0 radical (unpaired) electrons. The fourth-order valence-electron chi connectivity index (χ4n) is 3.47. The van der Waals surface area contributed by atoms with Gasteiger partial charge in [0, 0.05) is 35.8 Å². The third-order valence-corrected chi connectivity index (χ3v) is 5.68. The number of aromatic nitrogens is 1. The maximum absolute atomic E-state index is 12.3. The maximum Gasteiger partial charge on any atom is 0.340 e. The van der Waals surface area contributed by atoms with Crippen LogP contribution in [0.4, 0.5) is 0 Å². The van der Waals surface area contributed by atoms with Gasteiger partial charge in [-0.25, -0.2) is 4.79 Å². The molecule has 0 atom stereocenters. The van der Waals surface area contributed by atoms with Crippen molar-refractivity contribution in [2.75, 3.05) is 12.9 Å². The van der Waals surface area contributed by atoms with Crippen LogP contribution in [0.1, 0.15) is 53.1 Å². The highest BCUT2D eigenvalue weighted by Gasteiger charge is 2.23. The van der Waals surface area contributed by atoms with E-state index in [1.807, 2.05) is 39.2 Å². The summed E-state index contributed by atoms with van der Waals surface area (Å²) in [4.78, 5) is 25.8. The van der Waals surface area contributed by atoms with Gasteiger partial charge in [-0.05, 0) is 63.6 Å². The van der Waals surface area contributed by atoms with Gasteiger partial charge in [-0.3, -0.25) is 4.79 Å². The first-order valence-electron chi connectivity index (χ1n) is 9.68. The summed E-state index contributed by atoms with van der Waals surface area (Å²) < 4.78 is 7.31. The first-order chi connectivity index (χ1) is 13.4. The van der Waals surface area contributed by atoms with Crippen LogP contribution in [0, 0.1) is 13.8 Å². The van der Waals surface area contributed by atoms with Gasteiger partial charge >= 0.3 is 5.97 Å². The summed E-state index contributed by atoms with van der Waals surface area (Å²) in [7, 11) is 0. The van der Waals surface area contributed by atoms with Gasteiger partial charge in [0.15, 0.2) is 0 Å². The molecule has 0 spiro atoms. The zero-order valence-electron chi connectivity index (χ0n) is 17.4. The standard InChI is InChI=1S/C22H30N2O3S/c1-6-24-16(4)21(22(26)27-7-2)15(3)19(24)12-13-20(25)23-14-17-8-10-18(28-5)11-9-17/h8-11H,6-7,12-14H2,1-5H3,(H,23,25). The van der Waals surface area contributed by atoms with Crippen LogP contribution in [-0.2, 0) is 29.0 Å². The molecule has 0 aliphatic rings. The van der Waals surface area contributed by atoms with Crippen LogP contribution in [-0.4, -0.2) is 29.3 Å². The van der Waals surface area contributed by atoms with E-state index in [0.717, 1.165) is 29.1 Å². The van der Waals surface area contributed by atoms with Crippen molar-refractivity contribution >= 4 is 23.6 Å². The minimum atomic E-state index is -0.288. The number of nitrogens with zero attached hydrogens (tertiary/aromatic N) is 1. The van der Waals surface area contributed by atoms with E-state index >= 15 is 0 Å². The molecule has 152 valence electrons. The number of carbonyl (C=O) groups is 2. The molecule has 1 heterocycles. The van der Waals surface area contributed by atoms with Crippen LogP contribution in [0.2, 0.25) is 0 Å². The molecule has 2 rings (SSSR count). The lowest BCUT2D eigenvalue weighted by molar-refractivity contribution is -0.121. The van der Waals surface area contributed by atoms with Crippen molar-refractivity contribution in [2.45, 2.75) is 58.5 Å². The molecule has 0 saturated carbocycles. The molecule has 6 heteroatoms. The number of benzene rings is 1. The number of ether oxygens (including phenoxy) is 1. The Morgan fingerprint density at radius 2 is 1.82 bits per heavy atom. The van der Waals surface area contributed by atoms with Gasteiger partial charge in [0.2, 0.25) is 5.91 Å². The Morgan fingerprint density at radius 3 is 2.39 bits per heavy atom. The molecule has 0 bridgehead atoms. The Hall–Kier alpha value is -2.21. The van der Waals surface area contributed by atoms with Gasteiger partial charge in [0.05, 0.1) is 12.2 Å². The highest BCUT2D eigenvalue weighted by molar-refractivity contribution is 7.98. The quantitative estimate of drug-likeness (QED) is 0.503. The average molecular weight is 403 g/mol. The third-order valence-electron chi connectivity index (χ3n) is 4.93. The van der Waals surface area contributed by atoms with E-state index in [0.29, 0.717) is 31.6 Å². The Balaban J connectivity index is 2.01. The van der Waals surface area contributed by atoms with Crippen LogP contribution in [0.25, 0.3) is 0 Å². The predicted octanol–water partition coefficient (Wildman–Crippen LogP) is 4.27. The Kier molecular flexibility index (Phi) is 8.18. The molecule has 0 saturated heterocycles. The van der Waals surface area contributed by atoms with E-state index in [9.17, 15) is 9.59 Å². The van der Waals surface area contributed by atoms with Crippen LogP contribution in [0.3, 0.4) is 0 Å². The smallest absolute Gasteiger partial charge is 0.340 e. The predicted molar refractivity (Wildman–Crippen MR) is 114 cm³/mol. The molecule has 0 aliphatic carbocycles. The first kappa shape index (κ1) is 22.1.